The van der Waals surface area contributed by atoms with Crippen LogP contribution in [0.2, 0.25) is 0 Å². The van der Waals surface area contributed by atoms with Crippen molar-refractivity contribution in [2.24, 2.45) is 0 Å². The van der Waals surface area contributed by atoms with Crippen LogP contribution < -0.4 is 0 Å². The van der Waals surface area contributed by atoms with Crippen molar-refractivity contribution in [2.75, 3.05) is 14.1 Å². The third kappa shape index (κ3) is 2.84. The van der Waals surface area contributed by atoms with Crippen molar-refractivity contribution in [3.8, 4) is 0 Å². The van der Waals surface area contributed by atoms with Gasteiger partial charge in [-0.25, -0.2) is 0 Å². The predicted octanol–water partition coefficient (Wildman–Crippen LogP) is 2.39. The summed E-state index contributed by atoms with van der Waals surface area (Å²) in [5, 5.41) is 0. The number of halogens is 1. The molecule has 0 saturated heterocycles. The molecule has 0 fully saturated rings. The van der Waals surface area contributed by atoms with E-state index in [2.05, 4.69) is 15.9 Å². The molecule has 0 N–H and O–H groups in total. The lowest BCUT2D eigenvalue weighted by Crippen LogP contribution is -2.23. The Morgan fingerprint density at radius 2 is 2.07 bits per heavy atom. The van der Waals surface area contributed by atoms with Crippen molar-refractivity contribution >= 4 is 21.8 Å². The lowest BCUT2D eigenvalue weighted by atomic mass is 10.1. The summed E-state index contributed by atoms with van der Waals surface area (Å²) < 4.78 is 1.05. The highest BCUT2D eigenvalue weighted by atomic mass is 79.9. The largest absolute Gasteiger partial charge is 0.349 e. The minimum Gasteiger partial charge on any atom is -0.349 e. The maximum atomic E-state index is 11.5. The fraction of sp³-hybridized carbons (Fsp3) is 0.364. The minimum absolute atomic E-state index is 0.135. The van der Waals surface area contributed by atoms with Gasteiger partial charge in [0.05, 0.1) is 6.42 Å². The summed E-state index contributed by atoms with van der Waals surface area (Å²) in [5.74, 6) is 0.135. The van der Waals surface area contributed by atoms with E-state index in [0.29, 0.717) is 6.42 Å². The SMILES string of the molecule is Cc1cc(Br)ccc1CC(=O)N(C)C. The number of carbonyl (C=O) groups is 1. The molecule has 0 aromatic heterocycles. The van der Waals surface area contributed by atoms with Crippen molar-refractivity contribution in [3.05, 3.63) is 33.8 Å². The zero-order valence-corrected chi connectivity index (χ0v) is 10.3. The molecule has 0 aliphatic heterocycles. The fourth-order valence-electron chi connectivity index (χ4n) is 1.18. The number of hydrogen-bond acceptors (Lipinski definition) is 1. The highest BCUT2D eigenvalue weighted by Crippen LogP contribution is 2.16. The molecule has 0 bridgehead atoms. The van der Waals surface area contributed by atoms with Gasteiger partial charge in [0, 0.05) is 18.6 Å². The van der Waals surface area contributed by atoms with Crippen LogP contribution in [-0.2, 0) is 11.2 Å². The van der Waals surface area contributed by atoms with E-state index >= 15 is 0 Å². The maximum absolute atomic E-state index is 11.5. The van der Waals surface area contributed by atoms with Gasteiger partial charge in [-0.1, -0.05) is 22.0 Å². The smallest absolute Gasteiger partial charge is 0.226 e. The van der Waals surface area contributed by atoms with Gasteiger partial charge in [-0.15, -0.1) is 0 Å². The molecule has 76 valence electrons. The summed E-state index contributed by atoms with van der Waals surface area (Å²) in [6.45, 7) is 2.02. The highest BCUT2D eigenvalue weighted by Gasteiger charge is 2.07. The standard InChI is InChI=1S/C11H14BrNO/c1-8-6-10(12)5-4-9(8)7-11(14)13(2)3/h4-6H,7H2,1-3H3. The lowest BCUT2D eigenvalue weighted by Gasteiger charge is -2.11. The number of amides is 1. The normalized spacial score (nSPS) is 10.0. The molecule has 0 atom stereocenters. The van der Waals surface area contributed by atoms with Gasteiger partial charge in [0.15, 0.2) is 0 Å². The molecule has 0 radical (unpaired) electrons. The molecule has 3 heteroatoms. The topological polar surface area (TPSA) is 20.3 Å². The number of hydrogen-bond donors (Lipinski definition) is 0. The summed E-state index contributed by atoms with van der Waals surface area (Å²) in [4.78, 5) is 13.1. The fourth-order valence-corrected chi connectivity index (χ4v) is 1.65. The van der Waals surface area contributed by atoms with Gasteiger partial charge in [-0.3, -0.25) is 4.79 Å². The molecule has 1 rings (SSSR count). The van der Waals surface area contributed by atoms with Crippen molar-refractivity contribution in [3.63, 3.8) is 0 Å². The molecule has 14 heavy (non-hydrogen) atoms. The van der Waals surface area contributed by atoms with Crippen molar-refractivity contribution in [1.29, 1.82) is 0 Å². The number of likely N-dealkylation sites (N-methyl/N-ethyl adjacent to an activating group) is 1. The van der Waals surface area contributed by atoms with Gasteiger partial charge in [0.2, 0.25) is 5.91 Å². The minimum atomic E-state index is 0.135. The molecule has 0 unspecified atom stereocenters. The van der Waals surface area contributed by atoms with Crippen LogP contribution >= 0.6 is 15.9 Å². The van der Waals surface area contributed by atoms with Gasteiger partial charge >= 0.3 is 0 Å². The van der Waals surface area contributed by atoms with Crippen LogP contribution in [-0.4, -0.2) is 24.9 Å². The van der Waals surface area contributed by atoms with Crippen molar-refractivity contribution in [1.82, 2.24) is 4.90 Å². The zero-order valence-electron chi connectivity index (χ0n) is 8.67. The third-order valence-electron chi connectivity index (χ3n) is 2.15. The maximum Gasteiger partial charge on any atom is 0.226 e. The molecule has 1 amide bonds. The Hall–Kier alpha value is -0.830. The van der Waals surface area contributed by atoms with Crippen LogP contribution in [0.15, 0.2) is 22.7 Å². The Morgan fingerprint density at radius 3 is 2.57 bits per heavy atom. The summed E-state index contributed by atoms with van der Waals surface area (Å²) in [6.07, 6.45) is 0.478. The number of rotatable bonds is 2. The molecule has 0 saturated carbocycles. The Balaban J connectivity index is 2.82. The molecule has 2 nitrogen and oxygen atoms in total. The summed E-state index contributed by atoms with van der Waals surface area (Å²) in [6, 6.07) is 5.98. The number of nitrogens with zero attached hydrogens (tertiary/aromatic N) is 1. The Bertz CT molecular complexity index is 347. The molecular weight excluding hydrogens is 242 g/mol. The summed E-state index contributed by atoms with van der Waals surface area (Å²) in [5.41, 5.74) is 2.24. The summed E-state index contributed by atoms with van der Waals surface area (Å²) >= 11 is 3.40. The van der Waals surface area contributed by atoms with Crippen LogP contribution in [0.4, 0.5) is 0 Å². The molecule has 1 aromatic carbocycles. The van der Waals surface area contributed by atoms with Crippen LogP contribution in [0.1, 0.15) is 11.1 Å². The monoisotopic (exact) mass is 255 g/mol. The third-order valence-corrected chi connectivity index (χ3v) is 2.64. The first kappa shape index (κ1) is 11.2. The zero-order chi connectivity index (χ0) is 10.7. The van der Waals surface area contributed by atoms with Gasteiger partial charge in [-0.05, 0) is 30.2 Å². The second-order valence-corrected chi connectivity index (χ2v) is 4.45. The molecule has 1 aromatic rings. The summed E-state index contributed by atoms with van der Waals surface area (Å²) in [7, 11) is 3.55. The Labute approximate surface area is 93.0 Å². The van der Waals surface area contributed by atoms with E-state index < -0.39 is 0 Å². The van der Waals surface area contributed by atoms with Crippen molar-refractivity contribution < 1.29 is 4.79 Å². The van der Waals surface area contributed by atoms with Crippen LogP contribution in [0.5, 0.6) is 0 Å². The molecule has 0 aliphatic carbocycles. The van der Waals surface area contributed by atoms with E-state index in [1.807, 2.05) is 25.1 Å². The predicted molar refractivity (Wildman–Crippen MR) is 61.3 cm³/mol. The number of benzene rings is 1. The van der Waals surface area contributed by atoms with E-state index in [9.17, 15) is 4.79 Å². The second-order valence-electron chi connectivity index (χ2n) is 3.54. The Morgan fingerprint density at radius 1 is 1.43 bits per heavy atom. The van der Waals surface area contributed by atoms with E-state index in [1.54, 1.807) is 19.0 Å². The van der Waals surface area contributed by atoms with E-state index in [-0.39, 0.29) is 5.91 Å². The first-order chi connectivity index (χ1) is 6.50. The van der Waals surface area contributed by atoms with Crippen LogP contribution in [0, 0.1) is 6.92 Å². The van der Waals surface area contributed by atoms with Gasteiger partial charge in [0.1, 0.15) is 0 Å². The van der Waals surface area contributed by atoms with Gasteiger partial charge in [-0.2, -0.15) is 0 Å². The molecule has 0 spiro atoms. The first-order valence-corrected chi connectivity index (χ1v) is 5.25. The molecular formula is C11H14BrNO. The van der Waals surface area contributed by atoms with Crippen LogP contribution in [0.3, 0.4) is 0 Å². The molecule has 0 heterocycles. The van der Waals surface area contributed by atoms with E-state index in [1.165, 1.54) is 0 Å². The second kappa shape index (κ2) is 4.60. The van der Waals surface area contributed by atoms with Crippen molar-refractivity contribution in [2.45, 2.75) is 13.3 Å². The van der Waals surface area contributed by atoms with Crippen LogP contribution in [0.25, 0.3) is 0 Å². The van der Waals surface area contributed by atoms with E-state index in [4.69, 9.17) is 0 Å². The average Bonchev–Trinajstić information content (AvgIpc) is 2.09. The first-order valence-electron chi connectivity index (χ1n) is 4.46. The van der Waals surface area contributed by atoms with E-state index in [0.717, 1.165) is 15.6 Å². The van der Waals surface area contributed by atoms with Gasteiger partial charge < -0.3 is 4.90 Å². The van der Waals surface area contributed by atoms with Gasteiger partial charge in [0.25, 0.3) is 0 Å². The average molecular weight is 256 g/mol. The lowest BCUT2D eigenvalue weighted by molar-refractivity contribution is -0.127. The highest BCUT2D eigenvalue weighted by molar-refractivity contribution is 9.10. The quantitative estimate of drug-likeness (QED) is 0.795. The number of carbonyl (C=O) groups excluding carboxylic acids is 1. The number of aryl methyl sites for hydroxylation is 1. The Kier molecular flexibility index (Phi) is 3.69. The molecule has 0 aliphatic rings.